The number of hydrazine groups is 1. The van der Waals surface area contributed by atoms with Crippen molar-refractivity contribution in [2.75, 3.05) is 5.01 Å². The van der Waals surface area contributed by atoms with E-state index >= 15 is 0 Å². The summed E-state index contributed by atoms with van der Waals surface area (Å²) in [6, 6.07) is 16.6. The summed E-state index contributed by atoms with van der Waals surface area (Å²) in [5.41, 5.74) is 2.25. The van der Waals surface area contributed by atoms with Crippen molar-refractivity contribution in [1.29, 1.82) is 0 Å². The van der Waals surface area contributed by atoms with Gasteiger partial charge in [0.25, 0.3) is 0 Å². The number of hydrogen-bond acceptors (Lipinski definition) is 4. The zero-order valence-electron chi connectivity index (χ0n) is 13.7. The zero-order chi connectivity index (χ0) is 18.0. The van der Waals surface area contributed by atoms with E-state index in [-0.39, 0.29) is 12.5 Å². The predicted molar refractivity (Wildman–Crippen MR) is 96.2 cm³/mol. The maximum Gasteiger partial charge on any atom is 0.306 e. The van der Waals surface area contributed by atoms with Crippen molar-refractivity contribution in [2.24, 2.45) is 5.92 Å². The molecule has 2 unspecified atom stereocenters. The number of halogens is 1. The Morgan fingerprint density at radius 3 is 2.56 bits per heavy atom. The molecule has 0 aromatic heterocycles. The molecule has 0 spiro atoms. The predicted octanol–water partition coefficient (Wildman–Crippen LogP) is 4.50. The lowest BCUT2D eigenvalue weighted by atomic mass is 10.0. The van der Waals surface area contributed by atoms with Crippen molar-refractivity contribution in [3.05, 3.63) is 77.0 Å². The lowest BCUT2D eigenvalue weighted by Gasteiger charge is -2.33. The second kappa shape index (κ2) is 7.17. The molecule has 0 saturated carbocycles. The molecule has 5 nitrogen and oxygen atoms in total. The second-order valence-corrected chi connectivity index (χ2v) is 6.51. The van der Waals surface area contributed by atoms with Crippen molar-refractivity contribution < 1.29 is 15.1 Å². The van der Waals surface area contributed by atoms with Gasteiger partial charge in [-0.05, 0) is 35.9 Å². The third-order valence-corrected chi connectivity index (χ3v) is 4.46. The molecule has 1 aliphatic rings. The molecule has 1 heterocycles. The zero-order valence-corrected chi connectivity index (χ0v) is 14.5. The maximum absolute atomic E-state index is 11.2. The number of anilines is 1. The second-order valence-electron chi connectivity index (χ2n) is 6.07. The fraction of sp³-hybridized carbons (Fsp3) is 0.211. The first-order valence-electron chi connectivity index (χ1n) is 7.99. The molecule has 1 aliphatic heterocycles. The van der Waals surface area contributed by atoms with E-state index in [1.165, 1.54) is 0 Å². The number of benzene rings is 2. The van der Waals surface area contributed by atoms with E-state index in [4.69, 9.17) is 11.6 Å². The highest BCUT2D eigenvalue weighted by Crippen LogP contribution is 2.39. The van der Waals surface area contributed by atoms with Gasteiger partial charge in [-0.1, -0.05) is 48.9 Å². The average molecular weight is 359 g/mol. The van der Waals surface area contributed by atoms with Crippen LogP contribution in [0.15, 0.2) is 66.4 Å². The third-order valence-electron chi connectivity index (χ3n) is 4.22. The normalized spacial score (nSPS) is 18.2. The Labute approximate surface area is 151 Å². The van der Waals surface area contributed by atoms with Crippen LogP contribution in [0.3, 0.4) is 0 Å². The van der Waals surface area contributed by atoms with Gasteiger partial charge in [0.2, 0.25) is 0 Å². The van der Waals surface area contributed by atoms with Crippen LogP contribution in [-0.4, -0.2) is 21.5 Å². The minimum atomic E-state index is -0.897. The van der Waals surface area contributed by atoms with Crippen LogP contribution in [0, 0.1) is 5.92 Å². The molecule has 0 amide bonds. The number of nitrogens with zero attached hydrogens (tertiary/aromatic N) is 2. The van der Waals surface area contributed by atoms with Crippen molar-refractivity contribution in [2.45, 2.75) is 19.4 Å². The van der Waals surface area contributed by atoms with Crippen LogP contribution in [0.4, 0.5) is 5.69 Å². The lowest BCUT2D eigenvalue weighted by Crippen LogP contribution is -2.37. The first kappa shape index (κ1) is 17.3. The number of carbonyl (C=O) groups is 1. The first-order valence-corrected chi connectivity index (χ1v) is 8.37. The van der Waals surface area contributed by atoms with Crippen LogP contribution in [0.5, 0.6) is 0 Å². The summed E-state index contributed by atoms with van der Waals surface area (Å²) in [6.07, 6.45) is 2.10. The summed E-state index contributed by atoms with van der Waals surface area (Å²) in [5, 5.41) is 23.2. The molecule has 6 heteroatoms. The molecular formula is C19H19ClN2O3. The molecule has 130 valence electrons. The summed E-state index contributed by atoms with van der Waals surface area (Å²) in [7, 11) is 0. The van der Waals surface area contributed by atoms with Gasteiger partial charge in [0.15, 0.2) is 0 Å². The van der Waals surface area contributed by atoms with Crippen LogP contribution in [-0.2, 0) is 4.79 Å². The van der Waals surface area contributed by atoms with Crippen LogP contribution >= 0.6 is 11.6 Å². The number of aliphatic carboxylic acids is 1. The minimum Gasteiger partial charge on any atom is -0.481 e. The largest absolute Gasteiger partial charge is 0.481 e. The first-order chi connectivity index (χ1) is 12.0. The molecule has 3 rings (SSSR count). The Morgan fingerprint density at radius 2 is 1.92 bits per heavy atom. The third kappa shape index (κ3) is 3.62. The summed E-state index contributed by atoms with van der Waals surface area (Å²) < 4.78 is 0. The molecule has 2 aromatic rings. The molecule has 0 saturated heterocycles. The van der Waals surface area contributed by atoms with E-state index in [0.29, 0.717) is 10.7 Å². The van der Waals surface area contributed by atoms with Crippen molar-refractivity contribution in [1.82, 2.24) is 5.17 Å². The molecule has 2 N–H and O–H groups in total. The van der Waals surface area contributed by atoms with Crippen LogP contribution in [0.25, 0.3) is 0 Å². The Hall–Kier alpha value is -2.50. The monoisotopic (exact) mass is 358 g/mol. The van der Waals surface area contributed by atoms with Crippen molar-refractivity contribution >= 4 is 23.3 Å². The molecule has 0 radical (unpaired) electrons. The summed E-state index contributed by atoms with van der Waals surface area (Å²) in [5.74, 6) is -1.50. The SMILES string of the molecule is CC(CC1=CC(c2cccc(Cl)c2)N(c2ccccc2)N1O)C(=O)O. The van der Waals surface area contributed by atoms with E-state index in [0.717, 1.165) is 16.4 Å². The number of carboxylic acid groups (broad SMARTS) is 1. The fourth-order valence-electron chi connectivity index (χ4n) is 2.91. The van der Waals surface area contributed by atoms with Gasteiger partial charge >= 0.3 is 5.97 Å². The van der Waals surface area contributed by atoms with Gasteiger partial charge in [-0.3, -0.25) is 15.0 Å². The number of hydrogen-bond donors (Lipinski definition) is 2. The number of allylic oxidation sites excluding steroid dienone is 1. The van der Waals surface area contributed by atoms with Crippen LogP contribution in [0.1, 0.15) is 24.9 Å². The van der Waals surface area contributed by atoms with Gasteiger partial charge in [0.05, 0.1) is 23.3 Å². The van der Waals surface area contributed by atoms with Gasteiger partial charge < -0.3 is 5.11 Å². The number of rotatable bonds is 5. The molecule has 2 atom stereocenters. The smallest absolute Gasteiger partial charge is 0.306 e. The average Bonchev–Trinajstić information content (AvgIpc) is 2.92. The lowest BCUT2D eigenvalue weighted by molar-refractivity contribution is -0.141. The van der Waals surface area contributed by atoms with Crippen LogP contribution in [0.2, 0.25) is 5.02 Å². The van der Waals surface area contributed by atoms with Crippen LogP contribution < -0.4 is 5.01 Å². The molecular weight excluding hydrogens is 340 g/mol. The van der Waals surface area contributed by atoms with Gasteiger partial charge in [-0.25, -0.2) is 0 Å². The molecule has 0 fully saturated rings. The molecule has 0 bridgehead atoms. The summed E-state index contributed by atoms with van der Waals surface area (Å²) in [4.78, 5) is 11.2. The van der Waals surface area contributed by atoms with Crippen molar-refractivity contribution in [3.8, 4) is 0 Å². The van der Waals surface area contributed by atoms with E-state index < -0.39 is 11.9 Å². The fourth-order valence-corrected chi connectivity index (χ4v) is 3.10. The molecule has 0 aliphatic carbocycles. The number of para-hydroxylation sites is 1. The van der Waals surface area contributed by atoms with E-state index in [1.54, 1.807) is 18.0 Å². The van der Waals surface area contributed by atoms with E-state index in [9.17, 15) is 15.1 Å². The van der Waals surface area contributed by atoms with Gasteiger partial charge in [0.1, 0.15) is 0 Å². The highest BCUT2D eigenvalue weighted by atomic mass is 35.5. The van der Waals surface area contributed by atoms with Crippen molar-refractivity contribution in [3.63, 3.8) is 0 Å². The Morgan fingerprint density at radius 1 is 1.20 bits per heavy atom. The standard InChI is InChI=1S/C19H19ClN2O3/c1-13(19(23)24)10-17-12-18(14-6-5-7-15(20)11-14)21(22(17)25)16-8-3-2-4-9-16/h2-9,11-13,18,25H,10H2,1H3,(H,23,24). The minimum absolute atomic E-state index is 0.228. The quantitative estimate of drug-likeness (QED) is 0.823. The highest BCUT2D eigenvalue weighted by molar-refractivity contribution is 6.30. The maximum atomic E-state index is 11.2. The van der Waals surface area contributed by atoms with Gasteiger partial charge in [0, 0.05) is 11.4 Å². The molecule has 25 heavy (non-hydrogen) atoms. The Kier molecular flexibility index (Phi) is 4.97. The summed E-state index contributed by atoms with van der Waals surface area (Å²) in [6.45, 7) is 1.62. The van der Waals surface area contributed by atoms with E-state index in [1.807, 2.05) is 54.6 Å². The summed E-state index contributed by atoms with van der Waals surface area (Å²) >= 11 is 6.12. The number of hydroxylamine groups is 1. The van der Waals surface area contributed by atoms with E-state index in [2.05, 4.69) is 0 Å². The topological polar surface area (TPSA) is 64.0 Å². The number of carboxylic acids is 1. The highest BCUT2D eigenvalue weighted by Gasteiger charge is 2.34. The van der Waals surface area contributed by atoms with Gasteiger partial charge in [-0.15, -0.1) is 0 Å². The molecule has 2 aromatic carbocycles. The Balaban J connectivity index is 2.00. The Bertz CT molecular complexity index is 794. The van der Waals surface area contributed by atoms with Gasteiger partial charge in [-0.2, -0.15) is 5.17 Å².